The van der Waals surface area contributed by atoms with Crippen molar-refractivity contribution >= 4 is 15.9 Å². The smallest absolute Gasteiger partial charge is 0.165 e. The van der Waals surface area contributed by atoms with Gasteiger partial charge >= 0.3 is 0 Å². The molecule has 2 aromatic rings. The molecule has 0 unspecified atom stereocenters. The van der Waals surface area contributed by atoms with Crippen LogP contribution >= 0.6 is 15.9 Å². The molecule has 0 spiro atoms. The number of para-hydroxylation sites is 1. The number of methoxy groups -OCH3 is 1. The van der Waals surface area contributed by atoms with Crippen LogP contribution in [0.3, 0.4) is 0 Å². The molecule has 0 N–H and O–H groups in total. The molecule has 1 heterocycles. The molecule has 0 atom stereocenters. The minimum atomic E-state index is 0.575. The average molecular weight is 325 g/mol. The number of rotatable bonds is 6. The van der Waals surface area contributed by atoms with Crippen molar-refractivity contribution in [2.24, 2.45) is 7.05 Å². The zero-order chi connectivity index (χ0) is 13.7. The Morgan fingerprint density at radius 3 is 2.84 bits per heavy atom. The van der Waals surface area contributed by atoms with Crippen LogP contribution in [0.1, 0.15) is 11.4 Å². The predicted molar refractivity (Wildman–Crippen MR) is 78.0 cm³/mol. The van der Waals surface area contributed by atoms with Crippen LogP contribution in [0.15, 0.2) is 30.6 Å². The summed E-state index contributed by atoms with van der Waals surface area (Å²) >= 11 is 3.46. The van der Waals surface area contributed by atoms with Crippen molar-refractivity contribution in [3.63, 3.8) is 0 Å². The Labute approximate surface area is 121 Å². The van der Waals surface area contributed by atoms with Gasteiger partial charge in [-0.3, -0.25) is 0 Å². The Bertz CT molecular complexity index is 518. The van der Waals surface area contributed by atoms with Crippen molar-refractivity contribution in [2.45, 2.75) is 11.8 Å². The van der Waals surface area contributed by atoms with Crippen molar-refractivity contribution in [3.05, 3.63) is 42.0 Å². The summed E-state index contributed by atoms with van der Waals surface area (Å²) < 4.78 is 13.2. The quantitative estimate of drug-likeness (QED) is 0.766. The fourth-order valence-corrected chi connectivity index (χ4v) is 2.31. The zero-order valence-corrected chi connectivity index (χ0v) is 12.7. The van der Waals surface area contributed by atoms with Crippen LogP contribution in [0, 0.1) is 0 Å². The third kappa shape index (κ3) is 3.29. The van der Waals surface area contributed by atoms with Gasteiger partial charge in [0.2, 0.25) is 0 Å². The number of hydrogen-bond acceptors (Lipinski definition) is 3. The van der Waals surface area contributed by atoms with Crippen LogP contribution in [0.25, 0.3) is 0 Å². The molecule has 1 aromatic carbocycles. The van der Waals surface area contributed by atoms with Gasteiger partial charge in [0.1, 0.15) is 5.82 Å². The van der Waals surface area contributed by atoms with Crippen LogP contribution in [0.2, 0.25) is 0 Å². The van der Waals surface area contributed by atoms with E-state index in [1.165, 1.54) is 0 Å². The van der Waals surface area contributed by atoms with Crippen molar-refractivity contribution in [2.75, 3.05) is 13.7 Å². The van der Waals surface area contributed by atoms with E-state index in [0.717, 1.165) is 34.6 Å². The van der Waals surface area contributed by atoms with Gasteiger partial charge < -0.3 is 14.0 Å². The number of imidazole rings is 1. The van der Waals surface area contributed by atoms with Crippen molar-refractivity contribution in [1.82, 2.24) is 9.55 Å². The summed E-state index contributed by atoms with van der Waals surface area (Å²) in [5.74, 6) is 2.57. The monoisotopic (exact) mass is 324 g/mol. The molecular formula is C14H17BrN2O2. The molecule has 0 amide bonds. The summed E-state index contributed by atoms with van der Waals surface area (Å²) in [6, 6.07) is 5.89. The highest BCUT2D eigenvalue weighted by atomic mass is 79.9. The Morgan fingerprint density at radius 2 is 2.21 bits per heavy atom. The molecule has 5 heteroatoms. The summed E-state index contributed by atoms with van der Waals surface area (Å²) in [7, 11) is 3.63. The van der Waals surface area contributed by atoms with E-state index in [2.05, 4.69) is 20.9 Å². The molecule has 0 fully saturated rings. The predicted octanol–water partition coefficient (Wildman–Crippen LogP) is 2.95. The third-order valence-corrected chi connectivity index (χ3v) is 3.52. The Balaban J connectivity index is 2.04. The summed E-state index contributed by atoms with van der Waals surface area (Å²) in [6.45, 7) is 0.575. The lowest BCUT2D eigenvalue weighted by Crippen LogP contribution is -2.08. The van der Waals surface area contributed by atoms with E-state index in [4.69, 9.17) is 9.47 Å². The first kappa shape index (κ1) is 13.9. The topological polar surface area (TPSA) is 36.3 Å². The molecule has 0 radical (unpaired) electrons. The van der Waals surface area contributed by atoms with Crippen LogP contribution in [0.5, 0.6) is 11.5 Å². The first-order chi connectivity index (χ1) is 9.26. The molecular weight excluding hydrogens is 308 g/mol. The van der Waals surface area contributed by atoms with E-state index in [-0.39, 0.29) is 0 Å². The number of hydrogen-bond donors (Lipinski definition) is 0. The molecule has 19 heavy (non-hydrogen) atoms. The fraction of sp³-hybridized carbons (Fsp3) is 0.357. The van der Waals surface area contributed by atoms with Crippen molar-refractivity contribution < 1.29 is 9.47 Å². The summed E-state index contributed by atoms with van der Waals surface area (Å²) in [6.07, 6.45) is 4.49. The second-order valence-corrected chi connectivity index (χ2v) is 4.70. The minimum absolute atomic E-state index is 0.575. The lowest BCUT2D eigenvalue weighted by Gasteiger charge is -2.13. The van der Waals surface area contributed by atoms with Gasteiger partial charge in [0.25, 0.3) is 0 Å². The van der Waals surface area contributed by atoms with Gasteiger partial charge in [-0.1, -0.05) is 28.1 Å². The highest BCUT2D eigenvalue weighted by molar-refractivity contribution is 9.08. The maximum absolute atomic E-state index is 5.87. The van der Waals surface area contributed by atoms with E-state index in [1.807, 2.05) is 36.0 Å². The molecule has 0 aliphatic carbocycles. The van der Waals surface area contributed by atoms with Crippen molar-refractivity contribution in [3.8, 4) is 11.5 Å². The van der Waals surface area contributed by atoms with Crippen LogP contribution < -0.4 is 9.47 Å². The molecule has 102 valence electrons. The lowest BCUT2D eigenvalue weighted by molar-refractivity contribution is 0.292. The van der Waals surface area contributed by atoms with E-state index in [0.29, 0.717) is 6.61 Å². The number of nitrogens with zero attached hydrogens (tertiary/aromatic N) is 2. The molecule has 4 nitrogen and oxygen atoms in total. The molecule has 1 aromatic heterocycles. The van der Waals surface area contributed by atoms with Crippen LogP contribution in [-0.4, -0.2) is 23.3 Å². The Kier molecular flexibility index (Phi) is 4.85. The largest absolute Gasteiger partial charge is 0.493 e. The standard InChI is InChI=1S/C14H17BrN2O2/c1-17-8-7-16-13(17)6-9-19-14-11(10-15)4-3-5-12(14)18-2/h3-5,7-8H,6,9-10H2,1-2H3. The SMILES string of the molecule is COc1cccc(CBr)c1OCCc1nccn1C. The number of ether oxygens (including phenoxy) is 2. The van der Waals surface area contributed by atoms with E-state index < -0.39 is 0 Å². The van der Waals surface area contributed by atoms with Gasteiger partial charge in [0.05, 0.1) is 13.7 Å². The van der Waals surface area contributed by atoms with Gasteiger partial charge in [0.15, 0.2) is 11.5 Å². The van der Waals surface area contributed by atoms with Gasteiger partial charge in [-0.05, 0) is 6.07 Å². The van der Waals surface area contributed by atoms with Crippen LogP contribution in [0.4, 0.5) is 0 Å². The fourth-order valence-electron chi connectivity index (χ4n) is 1.87. The van der Waals surface area contributed by atoms with Crippen molar-refractivity contribution in [1.29, 1.82) is 0 Å². The van der Waals surface area contributed by atoms with E-state index in [9.17, 15) is 0 Å². The number of aryl methyl sites for hydroxylation is 1. The zero-order valence-electron chi connectivity index (χ0n) is 11.1. The summed E-state index contributed by atoms with van der Waals surface area (Å²) in [5.41, 5.74) is 1.08. The maximum atomic E-state index is 5.87. The first-order valence-corrected chi connectivity index (χ1v) is 7.19. The summed E-state index contributed by atoms with van der Waals surface area (Å²) in [4.78, 5) is 4.27. The van der Waals surface area contributed by atoms with E-state index in [1.54, 1.807) is 13.3 Å². The van der Waals surface area contributed by atoms with Gasteiger partial charge in [-0.25, -0.2) is 4.98 Å². The molecule has 2 rings (SSSR count). The highest BCUT2D eigenvalue weighted by Gasteiger charge is 2.10. The average Bonchev–Trinajstić information content (AvgIpc) is 2.84. The third-order valence-electron chi connectivity index (χ3n) is 2.92. The number of aromatic nitrogens is 2. The highest BCUT2D eigenvalue weighted by Crippen LogP contribution is 2.32. The molecule has 0 bridgehead atoms. The lowest BCUT2D eigenvalue weighted by atomic mass is 10.2. The maximum Gasteiger partial charge on any atom is 0.165 e. The van der Waals surface area contributed by atoms with Gasteiger partial charge in [-0.15, -0.1) is 0 Å². The second kappa shape index (κ2) is 6.61. The second-order valence-electron chi connectivity index (χ2n) is 4.13. The summed E-state index contributed by atoms with van der Waals surface area (Å²) in [5, 5.41) is 0.738. The Morgan fingerprint density at radius 1 is 1.37 bits per heavy atom. The minimum Gasteiger partial charge on any atom is -0.493 e. The van der Waals surface area contributed by atoms with Crippen LogP contribution in [-0.2, 0) is 18.8 Å². The normalized spacial score (nSPS) is 10.5. The number of halogens is 1. The molecule has 0 aliphatic heterocycles. The molecule has 0 saturated carbocycles. The molecule has 0 aliphatic rings. The van der Waals surface area contributed by atoms with E-state index >= 15 is 0 Å². The van der Waals surface area contributed by atoms with Gasteiger partial charge in [-0.2, -0.15) is 0 Å². The molecule has 0 saturated heterocycles. The number of benzene rings is 1. The van der Waals surface area contributed by atoms with Gasteiger partial charge in [0, 0.05) is 36.8 Å². The first-order valence-electron chi connectivity index (χ1n) is 6.07. The Hall–Kier alpha value is -1.49. The number of alkyl halides is 1.